The minimum atomic E-state index is -0.0948. The number of anilines is 1. The third kappa shape index (κ3) is 4.14. The van der Waals surface area contributed by atoms with Gasteiger partial charge in [-0.1, -0.05) is 19.3 Å². The maximum atomic E-state index is 12.8. The van der Waals surface area contributed by atoms with Gasteiger partial charge in [-0.05, 0) is 56.8 Å². The van der Waals surface area contributed by atoms with Crippen LogP contribution in [0.25, 0.3) is 11.0 Å². The normalized spacial score (nSPS) is 19.1. The van der Waals surface area contributed by atoms with Crippen molar-refractivity contribution in [2.75, 3.05) is 31.6 Å². The van der Waals surface area contributed by atoms with Crippen molar-refractivity contribution >= 4 is 22.8 Å². The van der Waals surface area contributed by atoms with Crippen molar-refractivity contribution in [1.82, 2.24) is 25.4 Å². The number of aryl methyl sites for hydroxylation is 1. The first-order valence-electron chi connectivity index (χ1n) is 10.7. The van der Waals surface area contributed by atoms with Gasteiger partial charge in [0.05, 0.1) is 5.39 Å². The zero-order chi connectivity index (χ0) is 19.5. The van der Waals surface area contributed by atoms with E-state index in [1.54, 1.807) is 4.68 Å². The average molecular weight is 385 g/mol. The third-order valence-electron chi connectivity index (χ3n) is 6.21. The molecule has 1 amide bonds. The summed E-state index contributed by atoms with van der Waals surface area (Å²) < 4.78 is 1.73. The number of pyridine rings is 1. The lowest BCUT2D eigenvalue weighted by molar-refractivity contribution is 0.0925. The van der Waals surface area contributed by atoms with Gasteiger partial charge in [-0.2, -0.15) is 5.10 Å². The van der Waals surface area contributed by atoms with Crippen molar-refractivity contribution in [3.05, 3.63) is 17.8 Å². The van der Waals surface area contributed by atoms with Gasteiger partial charge in [0.15, 0.2) is 11.3 Å². The molecule has 0 unspecified atom stereocenters. The second-order valence-electron chi connectivity index (χ2n) is 8.40. The van der Waals surface area contributed by atoms with E-state index in [2.05, 4.69) is 27.7 Å². The fourth-order valence-corrected chi connectivity index (χ4v) is 4.57. The molecule has 152 valence electrons. The summed E-state index contributed by atoms with van der Waals surface area (Å²) in [7, 11) is 3.98. The number of fused-ring (bicyclic) bond motifs is 1. The summed E-state index contributed by atoms with van der Waals surface area (Å²) in [5.41, 5.74) is 1.24. The van der Waals surface area contributed by atoms with Gasteiger partial charge in [-0.15, -0.1) is 0 Å². The number of hydrogen-bond donors (Lipinski definition) is 2. The molecule has 0 radical (unpaired) electrons. The summed E-state index contributed by atoms with van der Waals surface area (Å²) >= 11 is 0. The number of nitrogens with one attached hydrogen (secondary N) is 2. The molecule has 0 spiro atoms. The van der Waals surface area contributed by atoms with E-state index in [9.17, 15) is 4.79 Å². The Labute approximate surface area is 166 Å². The van der Waals surface area contributed by atoms with E-state index < -0.39 is 0 Å². The molecular weight excluding hydrogens is 352 g/mol. The Hall–Kier alpha value is -2.15. The first-order chi connectivity index (χ1) is 13.6. The molecular formula is C21H32N6O. The van der Waals surface area contributed by atoms with Crippen LogP contribution in [0.4, 0.5) is 5.82 Å². The zero-order valence-electron chi connectivity index (χ0n) is 17.1. The van der Waals surface area contributed by atoms with E-state index in [1.165, 1.54) is 32.1 Å². The highest BCUT2D eigenvalue weighted by molar-refractivity contribution is 6.04. The molecule has 0 atom stereocenters. The van der Waals surface area contributed by atoms with Gasteiger partial charge in [0, 0.05) is 26.7 Å². The van der Waals surface area contributed by atoms with E-state index in [-0.39, 0.29) is 11.9 Å². The topological polar surface area (TPSA) is 75.1 Å². The number of nitrogens with zero attached hydrogens (tertiary/aromatic N) is 4. The number of piperidine rings is 1. The highest BCUT2D eigenvalue weighted by atomic mass is 16.2. The van der Waals surface area contributed by atoms with Crippen LogP contribution in [0, 0.1) is 5.92 Å². The van der Waals surface area contributed by atoms with Crippen LogP contribution < -0.4 is 15.5 Å². The molecule has 1 aliphatic carbocycles. The van der Waals surface area contributed by atoms with E-state index in [4.69, 9.17) is 4.98 Å². The second-order valence-corrected chi connectivity index (χ2v) is 8.40. The number of carbonyl (C=O) groups is 1. The molecule has 2 aromatic heterocycles. The van der Waals surface area contributed by atoms with Crippen LogP contribution in [0.1, 0.15) is 55.4 Å². The minimum Gasteiger partial charge on any atom is -0.359 e. The molecule has 7 heteroatoms. The fraction of sp³-hybridized carbons (Fsp3) is 0.667. The summed E-state index contributed by atoms with van der Waals surface area (Å²) in [5, 5.41) is 11.8. The molecule has 0 bridgehead atoms. The van der Waals surface area contributed by atoms with Gasteiger partial charge >= 0.3 is 0 Å². The van der Waals surface area contributed by atoms with Crippen LogP contribution in [-0.4, -0.2) is 53.4 Å². The molecule has 2 aromatic rings. The third-order valence-corrected chi connectivity index (χ3v) is 6.21. The SMILES string of the molecule is CN(CC1CCCCC1)c1ccc2c(C(=O)NC3CCNCC3)nn(C)c2n1. The Morgan fingerprint density at radius 1 is 1.21 bits per heavy atom. The van der Waals surface area contributed by atoms with Gasteiger partial charge in [-0.25, -0.2) is 9.67 Å². The molecule has 3 heterocycles. The summed E-state index contributed by atoms with van der Waals surface area (Å²) in [6.07, 6.45) is 8.64. The minimum absolute atomic E-state index is 0.0948. The Morgan fingerprint density at radius 2 is 1.96 bits per heavy atom. The van der Waals surface area contributed by atoms with E-state index in [0.717, 1.165) is 55.2 Å². The molecule has 2 N–H and O–H groups in total. The predicted octanol–water partition coefficient (Wildman–Crippen LogP) is 2.47. The van der Waals surface area contributed by atoms with E-state index >= 15 is 0 Å². The molecule has 7 nitrogen and oxygen atoms in total. The zero-order valence-corrected chi connectivity index (χ0v) is 17.1. The van der Waals surface area contributed by atoms with Gasteiger partial charge in [0.2, 0.25) is 0 Å². The summed E-state index contributed by atoms with van der Waals surface area (Å²) in [6.45, 7) is 2.94. The molecule has 28 heavy (non-hydrogen) atoms. The van der Waals surface area contributed by atoms with Gasteiger partial charge in [-0.3, -0.25) is 4.79 Å². The monoisotopic (exact) mass is 384 g/mol. The maximum Gasteiger partial charge on any atom is 0.272 e. The Bertz CT molecular complexity index is 820. The summed E-state index contributed by atoms with van der Waals surface area (Å²) in [4.78, 5) is 19.8. The molecule has 2 aliphatic rings. The number of amides is 1. The summed E-state index contributed by atoms with van der Waals surface area (Å²) in [5.74, 6) is 1.61. The van der Waals surface area contributed by atoms with Crippen molar-refractivity contribution < 1.29 is 4.79 Å². The van der Waals surface area contributed by atoms with Crippen LogP contribution in [0.5, 0.6) is 0 Å². The second kappa shape index (κ2) is 8.47. The fourth-order valence-electron chi connectivity index (χ4n) is 4.57. The first kappa shape index (κ1) is 19.2. The van der Waals surface area contributed by atoms with Crippen LogP contribution in [0.2, 0.25) is 0 Å². The van der Waals surface area contributed by atoms with Crippen molar-refractivity contribution in [1.29, 1.82) is 0 Å². The Morgan fingerprint density at radius 3 is 2.71 bits per heavy atom. The van der Waals surface area contributed by atoms with E-state index in [1.807, 2.05) is 19.2 Å². The Balaban J connectivity index is 1.50. The van der Waals surface area contributed by atoms with E-state index in [0.29, 0.717) is 5.69 Å². The smallest absolute Gasteiger partial charge is 0.272 e. The largest absolute Gasteiger partial charge is 0.359 e. The highest BCUT2D eigenvalue weighted by Crippen LogP contribution is 2.26. The standard InChI is InChI=1S/C21H32N6O/c1-26(14-15-6-4-3-5-7-15)18-9-8-17-19(25-27(2)20(17)24-18)21(28)23-16-10-12-22-13-11-16/h8-9,15-16,22H,3-7,10-14H2,1-2H3,(H,23,28). The lowest BCUT2D eigenvalue weighted by atomic mass is 9.89. The number of rotatable bonds is 5. The van der Waals surface area contributed by atoms with Crippen molar-refractivity contribution in [2.24, 2.45) is 13.0 Å². The van der Waals surface area contributed by atoms with Crippen LogP contribution in [-0.2, 0) is 7.05 Å². The molecule has 1 aliphatic heterocycles. The molecule has 0 aromatic carbocycles. The lowest BCUT2D eigenvalue weighted by Gasteiger charge is -2.27. The van der Waals surface area contributed by atoms with Crippen LogP contribution in [0.3, 0.4) is 0 Å². The van der Waals surface area contributed by atoms with Gasteiger partial charge in [0.1, 0.15) is 5.82 Å². The highest BCUT2D eigenvalue weighted by Gasteiger charge is 2.22. The first-order valence-corrected chi connectivity index (χ1v) is 10.7. The summed E-state index contributed by atoms with van der Waals surface area (Å²) in [6, 6.07) is 4.24. The maximum absolute atomic E-state index is 12.8. The molecule has 1 saturated heterocycles. The number of aromatic nitrogens is 3. The van der Waals surface area contributed by atoms with Crippen molar-refractivity contribution in [3.63, 3.8) is 0 Å². The van der Waals surface area contributed by atoms with Crippen molar-refractivity contribution in [3.8, 4) is 0 Å². The lowest BCUT2D eigenvalue weighted by Crippen LogP contribution is -2.42. The Kier molecular flexibility index (Phi) is 5.80. The quantitative estimate of drug-likeness (QED) is 0.828. The van der Waals surface area contributed by atoms with Gasteiger partial charge < -0.3 is 15.5 Å². The molecule has 1 saturated carbocycles. The number of hydrogen-bond acceptors (Lipinski definition) is 5. The average Bonchev–Trinajstić information content (AvgIpc) is 3.06. The molecule has 4 rings (SSSR count). The van der Waals surface area contributed by atoms with Crippen LogP contribution >= 0.6 is 0 Å². The number of carbonyl (C=O) groups excluding carboxylic acids is 1. The van der Waals surface area contributed by atoms with Crippen LogP contribution in [0.15, 0.2) is 12.1 Å². The molecule has 2 fully saturated rings. The van der Waals surface area contributed by atoms with Gasteiger partial charge in [0.25, 0.3) is 5.91 Å². The van der Waals surface area contributed by atoms with Crippen molar-refractivity contribution in [2.45, 2.75) is 51.0 Å². The predicted molar refractivity (Wildman–Crippen MR) is 112 cm³/mol.